The zero-order chi connectivity index (χ0) is 19.4. The molecule has 0 atom stereocenters. The van der Waals surface area contributed by atoms with E-state index in [9.17, 15) is 9.59 Å². The van der Waals surface area contributed by atoms with Crippen LogP contribution in [0.15, 0.2) is 12.1 Å². The Morgan fingerprint density at radius 3 is 2.00 bits per heavy atom. The number of carbonyl (C=O) groups excluding carboxylic acids is 2. The van der Waals surface area contributed by atoms with Crippen molar-refractivity contribution in [1.82, 2.24) is 5.32 Å². The lowest BCUT2D eigenvalue weighted by molar-refractivity contribution is -0.123. The van der Waals surface area contributed by atoms with Gasteiger partial charge in [0.25, 0.3) is 5.91 Å². The summed E-state index contributed by atoms with van der Waals surface area (Å²) in [4.78, 5) is 24.9. The van der Waals surface area contributed by atoms with Gasteiger partial charge in [0.05, 0.1) is 25.5 Å². The Kier molecular flexibility index (Phi) is 6.42. The summed E-state index contributed by atoms with van der Waals surface area (Å²) in [7, 11) is 2.97. The Hall–Kier alpha value is -2.28. The number of amides is 2. The molecule has 0 heterocycles. The fraction of sp³-hybridized carbons (Fsp3) is 0.556. The molecule has 4 N–H and O–H groups in total. The first-order chi connectivity index (χ1) is 11.4. The van der Waals surface area contributed by atoms with Crippen LogP contribution in [0, 0.1) is 5.41 Å². The van der Waals surface area contributed by atoms with Gasteiger partial charge in [-0.2, -0.15) is 0 Å². The van der Waals surface area contributed by atoms with Gasteiger partial charge in [-0.3, -0.25) is 9.59 Å². The van der Waals surface area contributed by atoms with Gasteiger partial charge in [-0.15, -0.1) is 0 Å². The SMILES string of the molecule is COc1cc(NC(=O)C(C)(C)C)c(C(=O)NCC(C)(C)N)cc1OC. The minimum Gasteiger partial charge on any atom is -0.493 e. The number of rotatable bonds is 6. The van der Waals surface area contributed by atoms with Crippen LogP contribution in [0.5, 0.6) is 11.5 Å². The highest BCUT2D eigenvalue weighted by atomic mass is 16.5. The molecule has 1 aromatic rings. The summed E-state index contributed by atoms with van der Waals surface area (Å²) in [6.45, 7) is 9.28. The van der Waals surface area contributed by atoms with Gasteiger partial charge < -0.3 is 25.8 Å². The Bertz CT molecular complexity index is 643. The highest BCUT2D eigenvalue weighted by Gasteiger charge is 2.25. The summed E-state index contributed by atoms with van der Waals surface area (Å²) in [6, 6.07) is 3.11. The lowest BCUT2D eigenvalue weighted by atomic mass is 9.95. The number of anilines is 1. The molecule has 0 aliphatic carbocycles. The van der Waals surface area contributed by atoms with E-state index in [1.165, 1.54) is 20.3 Å². The predicted molar refractivity (Wildman–Crippen MR) is 98.2 cm³/mol. The zero-order valence-electron chi connectivity index (χ0n) is 16.1. The number of benzene rings is 1. The van der Waals surface area contributed by atoms with Crippen LogP contribution in [0.3, 0.4) is 0 Å². The van der Waals surface area contributed by atoms with E-state index in [1.54, 1.807) is 26.8 Å². The minimum atomic E-state index is -0.611. The number of ether oxygens (including phenoxy) is 2. The van der Waals surface area contributed by atoms with Gasteiger partial charge in [-0.1, -0.05) is 20.8 Å². The molecule has 0 aromatic heterocycles. The smallest absolute Gasteiger partial charge is 0.253 e. The van der Waals surface area contributed by atoms with Crippen molar-refractivity contribution >= 4 is 17.5 Å². The van der Waals surface area contributed by atoms with Crippen LogP contribution < -0.4 is 25.8 Å². The fourth-order valence-electron chi connectivity index (χ4n) is 1.88. The third-order valence-electron chi connectivity index (χ3n) is 3.40. The van der Waals surface area contributed by atoms with Crippen LogP contribution in [0.1, 0.15) is 45.0 Å². The molecule has 0 aliphatic heterocycles. The molecule has 7 heteroatoms. The maximum absolute atomic E-state index is 12.6. The highest BCUT2D eigenvalue weighted by Crippen LogP contribution is 2.34. The predicted octanol–water partition coefficient (Wildman–Crippen LogP) is 2.16. The average Bonchev–Trinajstić information content (AvgIpc) is 2.50. The van der Waals surface area contributed by atoms with E-state index >= 15 is 0 Å². The van der Waals surface area contributed by atoms with Crippen LogP contribution in [-0.2, 0) is 4.79 Å². The number of nitrogens with two attached hydrogens (primary N) is 1. The third-order valence-corrected chi connectivity index (χ3v) is 3.40. The van der Waals surface area contributed by atoms with Gasteiger partial charge in [0.15, 0.2) is 11.5 Å². The molecule has 0 saturated heterocycles. The maximum atomic E-state index is 12.6. The fourth-order valence-corrected chi connectivity index (χ4v) is 1.88. The first-order valence-electron chi connectivity index (χ1n) is 8.03. The Labute approximate surface area is 149 Å². The van der Waals surface area contributed by atoms with Gasteiger partial charge in [0, 0.05) is 23.6 Å². The molecule has 0 radical (unpaired) electrons. The van der Waals surface area contributed by atoms with Crippen molar-refractivity contribution in [1.29, 1.82) is 0 Å². The van der Waals surface area contributed by atoms with Crippen molar-refractivity contribution in [2.45, 2.75) is 40.2 Å². The van der Waals surface area contributed by atoms with Crippen LogP contribution >= 0.6 is 0 Å². The van der Waals surface area contributed by atoms with Crippen molar-refractivity contribution in [2.24, 2.45) is 11.1 Å². The summed E-state index contributed by atoms with van der Waals surface area (Å²) in [5, 5.41) is 5.56. The second-order valence-corrected chi connectivity index (χ2v) is 7.63. The average molecular weight is 351 g/mol. The molecule has 25 heavy (non-hydrogen) atoms. The number of hydrogen-bond donors (Lipinski definition) is 3. The van der Waals surface area contributed by atoms with Crippen LogP contribution in [0.2, 0.25) is 0 Å². The quantitative estimate of drug-likeness (QED) is 0.729. The van der Waals surface area contributed by atoms with E-state index in [4.69, 9.17) is 15.2 Å². The van der Waals surface area contributed by atoms with Crippen molar-refractivity contribution in [2.75, 3.05) is 26.1 Å². The Balaban J connectivity index is 3.27. The molecule has 2 amide bonds. The molecule has 0 saturated carbocycles. The second-order valence-electron chi connectivity index (χ2n) is 7.63. The van der Waals surface area contributed by atoms with E-state index in [0.29, 0.717) is 17.2 Å². The molecule has 7 nitrogen and oxygen atoms in total. The second kappa shape index (κ2) is 7.74. The lowest BCUT2D eigenvalue weighted by Crippen LogP contribution is -2.45. The summed E-state index contributed by atoms with van der Waals surface area (Å²) in [5.41, 5.74) is 5.37. The summed E-state index contributed by atoms with van der Waals surface area (Å²) in [6.07, 6.45) is 0. The van der Waals surface area contributed by atoms with Crippen molar-refractivity contribution in [3.8, 4) is 11.5 Å². The highest BCUT2D eigenvalue weighted by molar-refractivity contribution is 6.05. The first kappa shape index (κ1) is 20.8. The van der Waals surface area contributed by atoms with Crippen molar-refractivity contribution < 1.29 is 19.1 Å². The first-order valence-corrected chi connectivity index (χ1v) is 8.03. The summed E-state index contributed by atoms with van der Waals surface area (Å²) >= 11 is 0. The molecule has 140 valence electrons. The molecular weight excluding hydrogens is 322 g/mol. The molecule has 0 unspecified atom stereocenters. The van der Waals surface area contributed by atoms with Crippen molar-refractivity contribution in [3.05, 3.63) is 17.7 Å². The third kappa shape index (κ3) is 5.94. The van der Waals surface area contributed by atoms with Gasteiger partial charge in [0.2, 0.25) is 5.91 Å². The lowest BCUT2D eigenvalue weighted by Gasteiger charge is -2.22. The molecule has 0 bridgehead atoms. The van der Waals surface area contributed by atoms with Crippen LogP contribution in [0.4, 0.5) is 5.69 Å². The van der Waals surface area contributed by atoms with E-state index in [1.807, 2.05) is 13.8 Å². The van der Waals surface area contributed by atoms with E-state index in [0.717, 1.165) is 0 Å². The van der Waals surface area contributed by atoms with Gasteiger partial charge >= 0.3 is 0 Å². The van der Waals surface area contributed by atoms with Gasteiger partial charge in [-0.05, 0) is 19.9 Å². The number of hydrogen-bond acceptors (Lipinski definition) is 5. The van der Waals surface area contributed by atoms with Crippen molar-refractivity contribution in [3.63, 3.8) is 0 Å². The summed E-state index contributed by atoms with van der Waals surface area (Å²) < 4.78 is 10.5. The minimum absolute atomic E-state index is 0.215. The van der Waals surface area contributed by atoms with E-state index in [2.05, 4.69) is 10.6 Å². The van der Waals surface area contributed by atoms with Crippen LogP contribution in [-0.4, -0.2) is 38.1 Å². The molecule has 1 rings (SSSR count). The van der Waals surface area contributed by atoms with E-state index < -0.39 is 11.0 Å². The molecule has 0 fully saturated rings. The molecule has 0 spiro atoms. The molecule has 1 aromatic carbocycles. The van der Waals surface area contributed by atoms with Crippen LogP contribution in [0.25, 0.3) is 0 Å². The topological polar surface area (TPSA) is 103 Å². The molecule has 0 aliphatic rings. The zero-order valence-corrected chi connectivity index (χ0v) is 16.1. The standard InChI is InChI=1S/C18H29N3O4/c1-17(2,3)16(23)21-12-9-14(25-7)13(24-6)8-11(12)15(22)20-10-18(4,5)19/h8-9H,10,19H2,1-7H3,(H,20,22)(H,21,23). The normalized spacial score (nSPS) is 11.7. The maximum Gasteiger partial charge on any atom is 0.253 e. The monoisotopic (exact) mass is 351 g/mol. The van der Waals surface area contributed by atoms with E-state index in [-0.39, 0.29) is 23.9 Å². The largest absolute Gasteiger partial charge is 0.493 e. The molecular formula is C18H29N3O4. The number of methoxy groups -OCH3 is 2. The Morgan fingerprint density at radius 2 is 1.56 bits per heavy atom. The number of nitrogens with one attached hydrogen (secondary N) is 2. The number of carbonyl (C=O) groups is 2. The Morgan fingerprint density at radius 1 is 1.04 bits per heavy atom. The van der Waals surface area contributed by atoms with Gasteiger partial charge in [-0.25, -0.2) is 0 Å². The summed E-state index contributed by atoms with van der Waals surface area (Å²) in [5.74, 6) is 0.243. The van der Waals surface area contributed by atoms with Gasteiger partial charge in [0.1, 0.15) is 0 Å².